The van der Waals surface area contributed by atoms with E-state index in [-0.39, 0.29) is 0 Å². The molecular weight excluding hydrogens is 288 g/mol. The Kier molecular flexibility index (Phi) is 6.80. The largest absolute Gasteiger partial charge is 0.423 e. The molecule has 0 aliphatic rings. The first kappa shape index (κ1) is 19.5. The Morgan fingerprint density at radius 3 is 1.70 bits per heavy atom. The zero-order valence-electron chi connectivity index (χ0n) is 12.0. The molecule has 1 atom stereocenters. The minimum atomic E-state index is -5.47. The number of nitrogens with one attached hydrogen (secondary N) is 1. The van der Waals surface area contributed by atoms with Gasteiger partial charge in [0.25, 0.3) is 0 Å². The predicted molar refractivity (Wildman–Crippen MR) is 63.4 cm³/mol. The van der Waals surface area contributed by atoms with E-state index in [4.69, 9.17) is 0 Å². The van der Waals surface area contributed by atoms with Gasteiger partial charge in [-0.1, -0.05) is 27.7 Å². The monoisotopic (exact) mass is 309 g/mol. The summed E-state index contributed by atoms with van der Waals surface area (Å²) in [6, 6.07) is -0.602. The van der Waals surface area contributed by atoms with Gasteiger partial charge in [-0.2, -0.15) is 26.3 Å². The Morgan fingerprint density at radius 2 is 1.40 bits per heavy atom. The lowest BCUT2D eigenvalue weighted by Crippen LogP contribution is -2.50. The van der Waals surface area contributed by atoms with Crippen molar-refractivity contribution in [1.82, 2.24) is 5.32 Å². The second kappa shape index (κ2) is 6.98. The van der Waals surface area contributed by atoms with Gasteiger partial charge in [0.05, 0.1) is 6.61 Å². The molecule has 0 rings (SSSR count). The summed E-state index contributed by atoms with van der Waals surface area (Å²) in [6.07, 6.45) is -14.0. The number of halogens is 6. The summed E-state index contributed by atoms with van der Waals surface area (Å²) in [6.45, 7) is 6.85. The molecule has 0 fully saturated rings. The van der Waals surface area contributed by atoms with E-state index in [1.165, 1.54) is 0 Å². The third kappa shape index (κ3) is 6.78. The molecule has 20 heavy (non-hydrogen) atoms. The number of rotatable bonds is 6. The first-order valence-corrected chi connectivity index (χ1v) is 6.28. The quantitative estimate of drug-likeness (QED) is 0.751. The second-order valence-corrected chi connectivity index (χ2v) is 5.67. The van der Waals surface area contributed by atoms with Crippen molar-refractivity contribution in [3.05, 3.63) is 0 Å². The van der Waals surface area contributed by atoms with Crippen molar-refractivity contribution < 1.29 is 31.1 Å². The van der Waals surface area contributed by atoms with Gasteiger partial charge in [0.1, 0.15) is 0 Å². The maximum absolute atomic E-state index is 12.3. The highest BCUT2D eigenvalue weighted by Gasteiger charge is 2.58. The SMILES string of the molecule is CCCNC(COC(C(F)(F)F)C(F)(F)F)C(C)(C)C. The van der Waals surface area contributed by atoms with Gasteiger partial charge in [0, 0.05) is 6.04 Å². The van der Waals surface area contributed by atoms with Gasteiger partial charge in [-0.15, -0.1) is 0 Å². The third-order valence-corrected chi connectivity index (χ3v) is 2.71. The van der Waals surface area contributed by atoms with E-state index in [0.29, 0.717) is 13.0 Å². The van der Waals surface area contributed by atoms with E-state index in [1.807, 2.05) is 6.92 Å². The van der Waals surface area contributed by atoms with E-state index in [0.717, 1.165) is 0 Å². The molecule has 0 saturated carbocycles. The Labute approximate surface area is 114 Å². The summed E-state index contributed by atoms with van der Waals surface area (Å²) in [5, 5.41) is 2.91. The molecule has 1 unspecified atom stereocenters. The Hall–Kier alpha value is -0.500. The summed E-state index contributed by atoms with van der Waals surface area (Å²) in [5.41, 5.74) is -0.517. The van der Waals surface area contributed by atoms with E-state index < -0.39 is 36.5 Å². The molecule has 0 aliphatic carbocycles. The van der Waals surface area contributed by atoms with Crippen LogP contribution in [0.4, 0.5) is 26.3 Å². The molecule has 0 spiro atoms. The molecule has 122 valence electrons. The van der Waals surface area contributed by atoms with Crippen LogP contribution in [-0.4, -0.2) is 37.7 Å². The minimum Gasteiger partial charge on any atom is -0.359 e. The smallest absolute Gasteiger partial charge is 0.359 e. The van der Waals surface area contributed by atoms with Crippen molar-refractivity contribution in [2.45, 2.75) is 58.6 Å². The van der Waals surface area contributed by atoms with Crippen LogP contribution in [-0.2, 0) is 4.74 Å². The van der Waals surface area contributed by atoms with Crippen molar-refractivity contribution >= 4 is 0 Å². The Balaban J connectivity index is 4.80. The van der Waals surface area contributed by atoms with Gasteiger partial charge < -0.3 is 10.1 Å². The van der Waals surface area contributed by atoms with Gasteiger partial charge in [-0.05, 0) is 18.4 Å². The summed E-state index contributed by atoms with van der Waals surface area (Å²) in [7, 11) is 0. The van der Waals surface area contributed by atoms with Gasteiger partial charge in [0.2, 0.25) is 6.10 Å². The highest BCUT2D eigenvalue weighted by Crippen LogP contribution is 2.36. The molecule has 0 saturated heterocycles. The molecule has 0 heterocycles. The molecule has 0 bridgehead atoms. The zero-order chi connectivity index (χ0) is 16.2. The first-order chi connectivity index (χ1) is 8.80. The van der Waals surface area contributed by atoms with E-state index in [9.17, 15) is 26.3 Å². The highest BCUT2D eigenvalue weighted by molar-refractivity contribution is 4.83. The summed E-state index contributed by atoms with van der Waals surface area (Å²) in [4.78, 5) is 0. The molecule has 2 nitrogen and oxygen atoms in total. The molecule has 1 N–H and O–H groups in total. The lowest BCUT2D eigenvalue weighted by atomic mass is 9.87. The van der Waals surface area contributed by atoms with Gasteiger partial charge in [-0.25, -0.2) is 0 Å². The van der Waals surface area contributed by atoms with Crippen molar-refractivity contribution in [3.8, 4) is 0 Å². The fourth-order valence-electron chi connectivity index (χ4n) is 1.50. The fraction of sp³-hybridized carbons (Fsp3) is 1.00. The molecule has 8 heteroatoms. The predicted octanol–water partition coefficient (Wildman–Crippen LogP) is 3.91. The average molecular weight is 309 g/mol. The van der Waals surface area contributed by atoms with Crippen LogP contribution >= 0.6 is 0 Å². The molecule has 0 amide bonds. The Bertz CT molecular complexity index is 267. The fourth-order valence-corrected chi connectivity index (χ4v) is 1.50. The molecule has 0 aromatic heterocycles. The highest BCUT2D eigenvalue weighted by atomic mass is 19.4. The van der Waals surface area contributed by atoms with Crippen LogP contribution in [0.3, 0.4) is 0 Å². The summed E-state index contributed by atoms with van der Waals surface area (Å²) in [5.74, 6) is 0. The van der Waals surface area contributed by atoms with Crippen molar-refractivity contribution in [1.29, 1.82) is 0 Å². The second-order valence-electron chi connectivity index (χ2n) is 5.67. The van der Waals surface area contributed by atoms with Crippen molar-refractivity contribution in [3.63, 3.8) is 0 Å². The summed E-state index contributed by atoms with van der Waals surface area (Å²) < 4.78 is 78.2. The molecule has 0 aromatic rings. The van der Waals surface area contributed by atoms with Crippen LogP contribution in [0.25, 0.3) is 0 Å². The van der Waals surface area contributed by atoms with Crippen molar-refractivity contribution in [2.75, 3.05) is 13.2 Å². The molecule has 0 aromatic carbocycles. The standard InChI is InChI=1S/C12H21F6NO/c1-5-6-19-8(10(2,3)4)7-20-9(11(13,14)15)12(16,17)18/h8-9,19H,5-7H2,1-4H3. The summed E-state index contributed by atoms with van der Waals surface area (Å²) >= 11 is 0. The average Bonchev–Trinajstić information content (AvgIpc) is 2.17. The van der Waals surface area contributed by atoms with E-state index in [1.54, 1.807) is 20.8 Å². The van der Waals surface area contributed by atoms with Crippen LogP contribution in [0.1, 0.15) is 34.1 Å². The molecule has 0 radical (unpaired) electrons. The number of hydrogen-bond donors (Lipinski definition) is 1. The Morgan fingerprint density at radius 1 is 0.950 bits per heavy atom. The lowest BCUT2D eigenvalue weighted by Gasteiger charge is -2.33. The molecular formula is C12H21F6NO. The number of hydrogen-bond acceptors (Lipinski definition) is 2. The zero-order valence-corrected chi connectivity index (χ0v) is 12.0. The van der Waals surface area contributed by atoms with Crippen LogP contribution < -0.4 is 5.32 Å². The van der Waals surface area contributed by atoms with Crippen LogP contribution in [0, 0.1) is 5.41 Å². The number of ether oxygens (including phenoxy) is 1. The maximum atomic E-state index is 12.3. The van der Waals surface area contributed by atoms with Crippen LogP contribution in [0.2, 0.25) is 0 Å². The normalized spacial score (nSPS) is 15.8. The van der Waals surface area contributed by atoms with Crippen molar-refractivity contribution in [2.24, 2.45) is 5.41 Å². The molecule has 0 aliphatic heterocycles. The van der Waals surface area contributed by atoms with Crippen LogP contribution in [0.5, 0.6) is 0 Å². The van der Waals surface area contributed by atoms with Crippen LogP contribution in [0.15, 0.2) is 0 Å². The third-order valence-electron chi connectivity index (χ3n) is 2.71. The van der Waals surface area contributed by atoms with E-state index >= 15 is 0 Å². The van der Waals surface area contributed by atoms with Gasteiger partial charge in [0.15, 0.2) is 0 Å². The maximum Gasteiger partial charge on any atom is 0.423 e. The van der Waals surface area contributed by atoms with E-state index in [2.05, 4.69) is 10.1 Å². The van der Waals surface area contributed by atoms with Gasteiger partial charge in [-0.3, -0.25) is 0 Å². The lowest BCUT2D eigenvalue weighted by molar-refractivity contribution is -0.323. The topological polar surface area (TPSA) is 21.3 Å². The minimum absolute atomic E-state index is 0.494. The first-order valence-electron chi connectivity index (χ1n) is 6.28. The number of alkyl halides is 6. The van der Waals surface area contributed by atoms with Gasteiger partial charge >= 0.3 is 12.4 Å².